The molecule has 2 atom stereocenters. The van der Waals surface area contributed by atoms with Gasteiger partial charge in [-0.25, -0.2) is 0 Å². The minimum absolute atomic E-state index is 0.120. The second-order valence-electron chi connectivity index (χ2n) is 7.41. The summed E-state index contributed by atoms with van der Waals surface area (Å²) in [6.07, 6.45) is 3.21. The van der Waals surface area contributed by atoms with Crippen LogP contribution in [0.3, 0.4) is 0 Å². The van der Waals surface area contributed by atoms with Crippen LogP contribution in [0.25, 0.3) is 0 Å². The number of rotatable bonds is 9. The molecule has 0 spiro atoms. The lowest BCUT2D eigenvalue weighted by Gasteiger charge is -2.32. The van der Waals surface area contributed by atoms with Crippen molar-refractivity contribution in [2.24, 2.45) is 10.9 Å². The van der Waals surface area contributed by atoms with Crippen molar-refractivity contribution in [1.82, 2.24) is 5.32 Å². The van der Waals surface area contributed by atoms with E-state index >= 15 is 0 Å². The van der Waals surface area contributed by atoms with Crippen LogP contribution in [0.15, 0.2) is 59.6 Å². The molecule has 6 heteroatoms. The molecule has 1 fully saturated rings. The summed E-state index contributed by atoms with van der Waals surface area (Å²) in [5.41, 5.74) is 2.18. The van der Waals surface area contributed by atoms with Crippen molar-refractivity contribution >= 4 is 11.6 Å². The maximum atomic E-state index is 6.11. The Bertz CT molecular complexity index is 782. The molecule has 2 aromatic rings. The van der Waals surface area contributed by atoms with Crippen molar-refractivity contribution in [3.63, 3.8) is 0 Å². The maximum absolute atomic E-state index is 6.11. The summed E-state index contributed by atoms with van der Waals surface area (Å²) in [4.78, 5) is 4.38. The Morgan fingerprint density at radius 3 is 2.80 bits per heavy atom. The van der Waals surface area contributed by atoms with Crippen LogP contribution in [-0.2, 0) is 9.47 Å². The van der Waals surface area contributed by atoms with Crippen LogP contribution in [0.5, 0.6) is 5.75 Å². The first-order chi connectivity index (χ1) is 14.8. The topological polar surface area (TPSA) is 64.1 Å². The lowest BCUT2D eigenvalue weighted by Crippen LogP contribution is -2.38. The van der Waals surface area contributed by atoms with Gasteiger partial charge in [0.15, 0.2) is 5.96 Å². The van der Waals surface area contributed by atoms with Crippen LogP contribution in [0, 0.1) is 5.92 Å². The van der Waals surface area contributed by atoms with Gasteiger partial charge in [0.1, 0.15) is 5.75 Å². The third-order valence-corrected chi connectivity index (χ3v) is 5.19. The number of hydrogen-bond acceptors (Lipinski definition) is 4. The fourth-order valence-electron chi connectivity index (χ4n) is 3.66. The van der Waals surface area contributed by atoms with Crippen LogP contribution in [0.2, 0.25) is 0 Å². The Morgan fingerprint density at radius 2 is 2.00 bits per heavy atom. The first-order valence-corrected chi connectivity index (χ1v) is 10.7. The van der Waals surface area contributed by atoms with Crippen molar-refractivity contribution in [2.45, 2.75) is 25.4 Å². The summed E-state index contributed by atoms with van der Waals surface area (Å²) < 4.78 is 16.9. The number of hydrogen-bond donors (Lipinski definition) is 2. The molecule has 0 bridgehead atoms. The van der Waals surface area contributed by atoms with Gasteiger partial charge in [0, 0.05) is 58.0 Å². The molecule has 1 heterocycles. The molecule has 1 saturated heterocycles. The quantitative estimate of drug-likeness (QED) is 0.367. The lowest BCUT2D eigenvalue weighted by atomic mass is 9.89. The van der Waals surface area contributed by atoms with E-state index < -0.39 is 0 Å². The van der Waals surface area contributed by atoms with E-state index in [0.29, 0.717) is 19.1 Å². The van der Waals surface area contributed by atoms with Crippen molar-refractivity contribution in [3.8, 4) is 5.75 Å². The van der Waals surface area contributed by atoms with Gasteiger partial charge in [-0.1, -0.05) is 36.4 Å². The van der Waals surface area contributed by atoms with Gasteiger partial charge in [-0.3, -0.25) is 4.99 Å². The molecule has 0 aliphatic carbocycles. The molecule has 0 radical (unpaired) electrons. The smallest absolute Gasteiger partial charge is 0.195 e. The molecule has 0 amide bonds. The predicted octanol–water partition coefficient (Wildman–Crippen LogP) is 4.26. The zero-order valence-electron chi connectivity index (χ0n) is 18.0. The molecule has 2 N–H and O–H groups in total. The zero-order valence-corrected chi connectivity index (χ0v) is 18.0. The molecule has 2 unspecified atom stereocenters. The minimum Gasteiger partial charge on any atom is -0.493 e. The molecular formula is C24H33N3O3. The third-order valence-electron chi connectivity index (χ3n) is 5.19. The van der Waals surface area contributed by atoms with E-state index in [1.807, 2.05) is 30.3 Å². The van der Waals surface area contributed by atoms with Crippen LogP contribution in [0.1, 0.15) is 30.9 Å². The second kappa shape index (κ2) is 12.2. The molecule has 0 aromatic heterocycles. The highest BCUT2D eigenvalue weighted by molar-refractivity contribution is 5.93. The summed E-state index contributed by atoms with van der Waals surface area (Å²) in [5.74, 6) is 1.97. The molecule has 30 heavy (non-hydrogen) atoms. The number of aliphatic imine (C=N–C) groups is 1. The molecule has 162 valence electrons. The SMILES string of the molecule is CN=C(NCC1CCCOC1c1ccccc1)Nc1cccc(OCCCOC)c1. The van der Waals surface area contributed by atoms with Gasteiger partial charge in [-0.05, 0) is 30.5 Å². The number of ether oxygens (including phenoxy) is 3. The first-order valence-electron chi connectivity index (χ1n) is 10.7. The van der Waals surface area contributed by atoms with E-state index in [2.05, 4.69) is 39.9 Å². The molecule has 6 nitrogen and oxygen atoms in total. The highest BCUT2D eigenvalue weighted by atomic mass is 16.5. The summed E-state index contributed by atoms with van der Waals surface area (Å²) in [6.45, 7) is 2.95. The molecule has 2 aromatic carbocycles. The minimum atomic E-state index is 0.120. The average Bonchev–Trinajstić information content (AvgIpc) is 2.80. The molecule has 1 aliphatic rings. The normalized spacial score (nSPS) is 19.3. The average molecular weight is 412 g/mol. The number of methoxy groups -OCH3 is 1. The summed E-state index contributed by atoms with van der Waals surface area (Å²) in [5, 5.41) is 6.83. The van der Waals surface area contributed by atoms with Gasteiger partial charge in [-0.15, -0.1) is 0 Å². The Kier molecular flexibility index (Phi) is 9.00. The van der Waals surface area contributed by atoms with E-state index in [1.165, 1.54) is 5.56 Å². The van der Waals surface area contributed by atoms with E-state index in [0.717, 1.165) is 49.8 Å². The lowest BCUT2D eigenvalue weighted by molar-refractivity contribution is -0.0264. The van der Waals surface area contributed by atoms with E-state index in [9.17, 15) is 0 Å². The Balaban J connectivity index is 1.54. The van der Waals surface area contributed by atoms with E-state index in [1.54, 1.807) is 14.2 Å². The van der Waals surface area contributed by atoms with E-state index in [-0.39, 0.29) is 6.10 Å². The van der Waals surface area contributed by atoms with Crippen LogP contribution in [0.4, 0.5) is 5.69 Å². The predicted molar refractivity (Wildman–Crippen MR) is 121 cm³/mol. The van der Waals surface area contributed by atoms with Crippen LogP contribution in [-0.4, -0.2) is 46.5 Å². The highest BCUT2D eigenvalue weighted by Gasteiger charge is 2.27. The summed E-state index contributed by atoms with van der Waals surface area (Å²) in [7, 11) is 3.48. The van der Waals surface area contributed by atoms with Crippen molar-refractivity contribution < 1.29 is 14.2 Å². The van der Waals surface area contributed by atoms with Crippen LogP contribution >= 0.6 is 0 Å². The standard InChI is InChI=1S/C24H33N3O3/c1-25-24(27-21-12-6-13-22(17-21)29-16-8-14-28-2)26-18-20-11-7-15-30-23(20)19-9-4-3-5-10-19/h3-6,9-10,12-13,17,20,23H,7-8,11,14-16,18H2,1-2H3,(H2,25,26,27). The molecular weight excluding hydrogens is 378 g/mol. The number of nitrogens with one attached hydrogen (secondary N) is 2. The first kappa shape index (κ1) is 22.1. The monoisotopic (exact) mass is 411 g/mol. The number of nitrogens with zero attached hydrogens (tertiary/aromatic N) is 1. The van der Waals surface area contributed by atoms with Gasteiger partial charge in [-0.2, -0.15) is 0 Å². The van der Waals surface area contributed by atoms with Gasteiger partial charge in [0.05, 0.1) is 12.7 Å². The summed E-state index contributed by atoms with van der Waals surface area (Å²) in [6, 6.07) is 18.4. The maximum Gasteiger partial charge on any atom is 0.195 e. The highest BCUT2D eigenvalue weighted by Crippen LogP contribution is 2.33. The third kappa shape index (κ3) is 6.75. The van der Waals surface area contributed by atoms with Crippen molar-refractivity contribution in [2.75, 3.05) is 45.8 Å². The van der Waals surface area contributed by atoms with Gasteiger partial charge < -0.3 is 24.8 Å². The molecule has 0 saturated carbocycles. The number of anilines is 1. The van der Waals surface area contributed by atoms with Crippen molar-refractivity contribution in [3.05, 3.63) is 60.2 Å². The Morgan fingerprint density at radius 1 is 1.13 bits per heavy atom. The van der Waals surface area contributed by atoms with E-state index in [4.69, 9.17) is 14.2 Å². The van der Waals surface area contributed by atoms with Crippen LogP contribution < -0.4 is 15.4 Å². The molecule has 3 rings (SSSR count). The van der Waals surface area contributed by atoms with Crippen molar-refractivity contribution in [1.29, 1.82) is 0 Å². The van der Waals surface area contributed by atoms with Gasteiger partial charge in [0.2, 0.25) is 0 Å². The fraction of sp³-hybridized carbons (Fsp3) is 0.458. The number of guanidine groups is 1. The molecule has 1 aliphatic heterocycles. The zero-order chi connectivity index (χ0) is 21.0. The number of benzene rings is 2. The van der Waals surface area contributed by atoms with Gasteiger partial charge >= 0.3 is 0 Å². The Labute approximate surface area is 179 Å². The van der Waals surface area contributed by atoms with Gasteiger partial charge in [0.25, 0.3) is 0 Å². The Hall–Kier alpha value is -2.57. The second-order valence-corrected chi connectivity index (χ2v) is 7.41. The fourth-order valence-corrected chi connectivity index (χ4v) is 3.66. The largest absolute Gasteiger partial charge is 0.493 e. The summed E-state index contributed by atoms with van der Waals surface area (Å²) >= 11 is 0.